The van der Waals surface area contributed by atoms with Gasteiger partial charge in [-0.15, -0.1) is 0 Å². The summed E-state index contributed by atoms with van der Waals surface area (Å²) in [7, 11) is 3.39. The molecule has 0 radical (unpaired) electrons. The molecule has 0 saturated carbocycles. The number of carbonyl (C=O) groups is 1. The Morgan fingerprint density at radius 3 is 2.77 bits per heavy atom. The number of anilines is 1. The maximum Gasteiger partial charge on any atom is 0.319 e. The number of rotatable bonds is 5. The summed E-state index contributed by atoms with van der Waals surface area (Å²) in [5.41, 5.74) is 3.15. The van der Waals surface area contributed by atoms with Crippen LogP contribution in [0.25, 0.3) is 11.3 Å². The molecular formula is C18H18ClN5O2. The molecule has 0 saturated heterocycles. The molecular weight excluding hydrogens is 354 g/mol. The van der Waals surface area contributed by atoms with Crippen LogP contribution >= 0.6 is 11.6 Å². The quantitative estimate of drug-likeness (QED) is 0.719. The number of hydrogen-bond donors (Lipinski definition) is 2. The number of benzene rings is 1. The third-order valence-electron chi connectivity index (χ3n) is 3.69. The van der Waals surface area contributed by atoms with Crippen LogP contribution in [-0.4, -0.2) is 27.9 Å². The van der Waals surface area contributed by atoms with Crippen molar-refractivity contribution in [1.29, 1.82) is 0 Å². The summed E-state index contributed by atoms with van der Waals surface area (Å²) in [6.07, 6.45) is 5.38. The number of aromatic nitrogens is 3. The molecule has 134 valence electrons. The molecule has 0 unspecified atom stereocenters. The summed E-state index contributed by atoms with van der Waals surface area (Å²) in [6.45, 7) is 0.342. The molecule has 2 heterocycles. The lowest BCUT2D eigenvalue weighted by atomic mass is 10.2. The van der Waals surface area contributed by atoms with Gasteiger partial charge in [0.15, 0.2) is 0 Å². The van der Waals surface area contributed by atoms with Crippen molar-refractivity contribution in [1.82, 2.24) is 20.1 Å². The number of nitrogens with one attached hydrogen (secondary N) is 2. The highest BCUT2D eigenvalue weighted by Gasteiger charge is 2.08. The van der Waals surface area contributed by atoms with Crippen molar-refractivity contribution in [2.24, 2.45) is 7.05 Å². The van der Waals surface area contributed by atoms with E-state index in [1.165, 1.54) is 7.11 Å². The fourth-order valence-electron chi connectivity index (χ4n) is 2.38. The van der Waals surface area contributed by atoms with Crippen LogP contribution in [-0.2, 0) is 13.6 Å². The Bertz CT molecular complexity index is 908. The molecule has 0 bridgehead atoms. The number of amides is 2. The summed E-state index contributed by atoms with van der Waals surface area (Å²) in [6, 6.07) is 8.46. The Kier molecular flexibility index (Phi) is 5.38. The van der Waals surface area contributed by atoms with Crippen LogP contribution < -0.4 is 15.4 Å². The van der Waals surface area contributed by atoms with Gasteiger partial charge in [-0.25, -0.2) is 4.79 Å². The van der Waals surface area contributed by atoms with Gasteiger partial charge in [-0.3, -0.25) is 9.67 Å². The second kappa shape index (κ2) is 7.88. The van der Waals surface area contributed by atoms with Gasteiger partial charge in [0.05, 0.1) is 24.7 Å². The van der Waals surface area contributed by atoms with E-state index in [2.05, 4.69) is 20.7 Å². The SMILES string of the molecule is COc1ccc(Cl)cc1NC(=O)NCc1ccc(-c2cnn(C)c2)nc1. The smallest absolute Gasteiger partial charge is 0.319 e. The standard InChI is InChI=1S/C18H18ClN5O2/c1-24-11-13(10-22-24)15-5-3-12(8-20-15)9-21-18(25)23-16-7-14(19)4-6-17(16)26-2/h3-8,10-11H,9H2,1-2H3,(H2,21,23,25). The minimum Gasteiger partial charge on any atom is -0.495 e. The van der Waals surface area contributed by atoms with Crippen molar-refractivity contribution >= 4 is 23.3 Å². The van der Waals surface area contributed by atoms with Gasteiger partial charge < -0.3 is 15.4 Å². The molecule has 3 rings (SSSR count). The van der Waals surface area contributed by atoms with Crippen LogP contribution in [0.4, 0.5) is 10.5 Å². The van der Waals surface area contributed by atoms with E-state index in [1.807, 2.05) is 25.4 Å². The highest BCUT2D eigenvalue weighted by atomic mass is 35.5. The molecule has 3 aromatic rings. The van der Waals surface area contributed by atoms with Gasteiger partial charge in [0.25, 0.3) is 0 Å². The maximum atomic E-state index is 12.1. The maximum absolute atomic E-state index is 12.1. The molecule has 0 aliphatic rings. The van der Waals surface area contributed by atoms with Crippen LogP contribution in [0, 0.1) is 0 Å². The monoisotopic (exact) mass is 371 g/mol. The van der Waals surface area contributed by atoms with Crippen molar-refractivity contribution in [3.8, 4) is 17.0 Å². The first-order chi connectivity index (χ1) is 12.5. The molecule has 0 fully saturated rings. The molecule has 26 heavy (non-hydrogen) atoms. The molecule has 8 heteroatoms. The Balaban J connectivity index is 1.59. The Morgan fingerprint density at radius 1 is 1.27 bits per heavy atom. The number of aryl methyl sites for hydroxylation is 1. The third-order valence-corrected chi connectivity index (χ3v) is 3.92. The summed E-state index contributed by atoms with van der Waals surface area (Å²) in [5, 5.41) is 10.1. The van der Waals surface area contributed by atoms with E-state index < -0.39 is 0 Å². The Hall–Kier alpha value is -3.06. The topological polar surface area (TPSA) is 81.1 Å². The van der Waals surface area contributed by atoms with Gasteiger partial charge in [-0.1, -0.05) is 17.7 Å². The highest BCUT2D eigenvalue weighted by Crippen LogP contribution is 2.27. The third kappa shape index (κ3) is 4.31. The molecule has 0 spiro atoms. The molecule has 7 nitrogen and oxygen atoms in total. The van der Waals surface area contributed by atoms with E-state index in [-0.39, 0.29) is 6.03 Å². The number of nitrogens with zero attached hydrogens (tertiary/aromatic N) is 3. The first-order valence-corrected chi connectivity index (χ1v) is 8.25. The molecule has 2 amide bonds. The molecule has 0 aliphatic heterocycles. The van der Waals surface area contributed by atoms with E-state index >= 15 is 0 Å². The van der Waals surface area contributed by atoms with Crippen molar-refractivity contribution in [2.75, 3.05) is 12.4 Å². The zero-order valence-electron chi connectivity index (χ0n) is 14.4. The minimum absolute atomic E-state index is 0.342. The van der Waals surface area contributed by atoms with Crippen LogP contribution in [0.2, 0.25) is 5.02 Å². The molecule has 0 atom stereocenters. The van der Waals surface area contributed by atoms with Gasteiger partial charge in [-0.05, 0) is 29.8 Å². The number of pyridine rings is 1. The van der Waals surface area contributed by atoms with E-state index in [0.717, 1.165) is 16.8 Å². The Labute approximate surface area is 156 Å². The molecule has 1 aromatic carbocycles. The molecule has 0 aliphatic carbocycles. The predicted molar refractivity (Wildman–Crippen MR) is 100 cm³/mol. The predicted octanol–water partition coefficient (Wildman–Crippen LogP) is 3.47. The van der Waals surface area contributed by atoms with Gasteiger partial charge in [0.1, 0.15) is 5.75 Å². The van der Waals surface area contributed by atoms with Crippen LogP contribution in [0.5, 0.6) is 5.75 Å². The fraction of sp³-hybridized carbons (Fsp3) is 0.167. The van der Waals surface area contributed by atoms with Crippen molar-refractivity contribution in [3.63, 3.8) is 0 Å². The number of ether oxygens (including phenoxy) is 1. The molecule has 2 N–H and O–H groups in total. The first-order valence-electron chi connectivity index (χ1n) is 7.87. The largest absolute Gasteiger partial charge is 0.495 e. The number of methoxy groups -OCH3 is 1. The lowest BCUT2D eigenvalue weighted by molar-refractivity contribution is 0.251. The summed E-state index contributed by atoms with van der Waals surface area (Å²) in [4.78, 5) is 16.5. The van der Waals surface area contributed by atoms with E-state index in [4.69, 9.17) is 16.3 Å². The van der Waals surface area contributed by atoms with Crippen molar-refractivity contribution in [3.05, 3.63) is 59.5 Å². The van der Waals surface area contributed by atoms with Gasteiger partial charge in [0, 0.05) is 36.6 Å². The average Bonchev–Trinajstić information content (AvgIpc) is 3.07. The van der Waals surface area contributed by atoms with Crippen molar-refractivity contribution in [2.45, 2.75) is 6.54 Å². The minimum atomic E-state index is -0.359. The number of carbonyl (C=O) groups excluding carboxylic acids is 1. The lowest BCUT2D eigenvalue weighted by Crippen LogP contribution is -2.28. The summed E-state index contributed by atoms with van der Waals surface area (Å²) >= 11 is 5.96. The average molecular weight is 372 g/mol. The van der Waals surface area contributed by atoms with Gasteiger partial charge in [0.2, 0.25) is 0 Å². The van der Waals surface area contributed by atoms with E-state index in [1.54, 1.807) is 35.3 Å². The number of hydrogen-bond acceptors (Lipinski definition) is 4. The second-order valence-corrected chi connectivity index (χ2v) is 6.04. The van der Waals surface area contributed by atoms with E-state index in [9.17, 15) is 4.79 Å². The first kappa shape index (κ1) is 17.8. The lowest BCUT2D eigenvalue weighted by Gasteiger charge is -2.11. The van der Waals surface area contributed by atoms with Crippen LogP contribution in [0.15, 0.2) is 48.9 Å². The van der Waals surface area contributed by atoms with Crippen LogP contribution in [0.3, 0.4) is 0 Å². The Morgan fingerprint density at radius 2 is 2.12 bits per heavy atom. The second-order valence-electron chi connectivity index (χ2n) is 5.61. The fourth-order valence-corrected chi connectivity index (χ4v) is 2.55. The molecule has 2 aromatic heterocycles. The van der Waals surface area contributed by atoms with E-state index in [0.29, 0.717) is 23.0 Å². The number of halogens is 1. The summed E-state index contributed by atoms with van der Waals surface area (Å²) < 4.78 is 6.93. The van der Waals surface area contributed by atoms with Crippen molar-refractivity contribution < 1.29 is 9.53 Å². The normalized spacial score (nSPS) is 10.4. The number of urea groups is 1. The summed E-state index contributed by atoms with van der Waals surface area (Å²) in [5.74, 6) is 0.534. The highest BCUT2D eigenvalue weighted by molar-refractivity contribution is 6.31. The zero-order valence-corrected chi connectivity index (χ0v) is 15.1. The van der Waals surface area contributed by atoms with Gasteiger partial charge in [-0.2, -0.15) is 5.10 Å². The van der Waals surface area contributed by atoms with Crippen LogP contribution in [0.1, 0.15) is 5.56 Å². The zero-order chi connectivity index (χ0) is 18.5. The van der Waals surface area contributed by atoms with Gasteiger partial charge >= 0.3 is 6.03 Å².